The first-order chi connectivity index (χ1) is 8.14. The highest BCUT2D eigenvalue weighted by Crippen LogP contribution is 2.24. The lowest BCUT2D eigenvalue weighted by molar-refractivity contribution is 0.937. The fourth-order valence-corrected chi connectivity index (χ4v) is 6.32. The standard InChI is InChI=1S/C14H21NSSi/c1-17(2,12-7-6-10-15)13-11-16-14-8-4-3-5-9-14/h3-5,8-9H,6-7,11-13H2,1-2H3. The van der Waals surface area contributed by atoms with Gasteiger partial charge >= 0.3 is 0 Å². The largest absolute Gasteiger partial charge is 0.198 e. The average Bonchev–Trinajstić information content (AvgIpc) is 2.30. The maximum Gasteiger partial charge on any atom is 0.0621 e. The predicted molar refractivity (Wildman–Crippen MR) is 79.1 cm³/mol. The van der Waals surface area contributed by atoms with E-state index in [9.17, 15) is 0 Å². The van der Waals surface area contributed by atoms with Crippen LogP contribution in [0.25, 0.3) is 0 Å². The lowest BCUT2D eigenvalue weighted by Crippen LogP contribution is -2.25. The molecule has 1 rings (SSSR count). The van der Waals surface area contributed by atoms with Crippen molar-refractivity contribution in [3.63, 3.8) is 0 Å². The number of hydrogen-bond acceptors (Lipinski definition) is 2. The Morgan fingerprint density at radius 3 is 2.53 bits per heavy atom. The van der Waals surface area contributed by atoms with Crippen LogP contribution in [0.5, 0.6) is 0 Å². The summed E-state index contributed by atoms with van der Waals surface area (Å²) in [5, 5.41) is 8.55. The molecule has 0 spiro atoms. The third-order valence-electron chi connectivity index (χ3n) is 2.93. The zero-order valence-corrected chi connectivity index (χ0v) is 12.6. The second kappa shape index (κ2) is 7.57. The number of benzene rings is 1. The van der Waals surface area contributed by atoms with Gasteiger partial charge in [0.05, 0.1) is 6.07 Å². The SMILES string of the molecule is C[Si](C)(CCCC#N)CCSc1ccccc1. The zero-order chi connectivity index (χ0) is 12.6. The van der Waals surface area contributed by atoms with Crippen LogP contribution in [-0.2, 0) is 0 Å². The molecule has 0 saturated heterocycles. The number of nitrogens with zero attached hydrogens (tertiary/aromatic N) is 1. The highest BCUT2D eigenvalue weighted by atomic mass is 32.2. The van der Waals surface area contributed by atoms with E-state index in [0.29, 0.717) is 0 Å². The van der Waals surface area contributed by atoms with Gasteiger partial charge in [-0.25, -0.2) is 0 Å². The van der Waals surface area contributed by atoms with Crippen LogP contribution in [0.4, 0.5) is 0 Å². The molecular weight excluding hydrogens is 242 g/mol. The van der Waals surface area contributed by atoms with Crippen molar-refractivity contribution in [3.05, 3.63) is 30.3 Å². The van der Waals surface area contributed by atoms with Gasteiger partial charge < -0.3 is 0 Å². The molecule has 0 heterocycles. The van der Waals surface area contributed by atoms with E-state index < -0.39 is 8.07 Å². The fourth-order valence-electron chi connectivity index (χ4n) is 1.73. The second-order valence-electron chi connectivity index (χ2n) is 5.09. The number of unbranched alkanes of at least 4 members (excludes halogenated alkanes) is 1. The van der Waals surface area contributed by atoms with Crippen LogP contribution < -0.4 is 0 Å². The van der Waals surface area contributed by atoms with Gasteiger partial charge in [-0.3, -0.25) is 0 Å². The summed E-state index contributed by atoms with van der Waals surface area (Å²) < 4.78 is 0. The van der Waals surface area contributed by atoms with Gasteiger partial charge in [0.15, 0.2) is 0 Å². The van der Waals surface area contributed by atoms with Crippen molar-refractivity contribution < 1.29 is 0 Å². The second-order valence-corrected chi connectivity index (χ2v) is 11.6. The summed E-state index contributed by atoms with van der Waals surface area (Å²) in [4.78, 5) is 1.37. The fraction of sp³-hybridized carbons (Fsp3) is 0.500. The molecule has 0 aromatic heterocycles. The molecule has 1 nitrogen and oxygen atoms in total. The summed E-state index contributed by atoms with van der Waals surface area (Å²) in [5.41, 5.74) is 0. The lowest BCUT2D eigenvalue weighted by Gasteiger charge is -2.21. The molecule has 1 aromatic carbocycles. The molecule has 0 radical (unpaired) electrons. The van der Waals surface area contributed by atoms with Gasteiger partial charge in [0.25, 0.3) is 0 Å². The van der Waals surface area contributed by atoms with Crippen LogP contribution in [-0.4, -0.2) is 13.8 Å². The maximum atomic E-state index is 8.55. The minimum atomic E-state index is -1.07. The van der Waals surface area contributed by atoms with E-state index in [2.05, 4.69) is 49.5 Å². The van der Waals surface area contributed by atoms with Crippen molar-refractivity contribution in [2.75, 3.05) is 5.75 Å². The molecule has 0 aliphatic heterocycles. The van der Waals surface area contributed by atoms with Crippen LogP contribution >= 0.6 is 11.8 Å². The first-order valence-electron chi connectivity index (χ1n) is 6.19. The lowest BCUT2D eigenvalue weighted by atomic mass is 10.4. The Kier molecular flexibility index (Phi) is 6.39. The van der Waals surface area contributed by atoms with E-state index in [0.717, 1.165) is 12.8 Å². The molecule has 0 unspecified atom stereocenters. The van der Waals surface area contributed by atoms with Crippen molar-refractivity contribution >= 4 is 19.8 Å². The topological polar surface area (TPSA) is 23.8 Å². The Morgan fingerprint density at radius 1 is 1.18 bits per heavy atom. The van der Waals surface area contributed by atoms with E-state index in [1.807, 2.05) is 11.8 Å². The summed E-state index contributed by atoms with van der Waals surface area (Å²) in [5.74, 6) is 1.22. The average molecular weight is 263 g/mol. The molecule has 0 saturated carbocycles. The third-order valence-corrected chi connectivity index (χ3v) is 7.62. The summed E-state index contributed by atoms with van der Waals surface area (Å²) in [6.07, 6.45) is 1.81. The van der Waals surface area contributed by atoms with Gasteiger partial charge in [-0.2, -0.15) is 5.26 Å². The smallest absolute Gasteiger partial charge is 0.0621 e. The first-order valence-corrected chi connectivity index (χ1v) is 10.6. The Balaban J connectivity index is 2.23. The molecule has 0 bridgehead atoms. The van der Waals surface area contributed by atoms with E-state index in [1.54, 1.807) is 0 Å². The molecular formula is C14H21NSSi. The summed E-state index contributed by atoms with van der Waals surface area (Å²) in [6, 6.07) is 15.5. The molecule has 1 aromatic rings. The van der Waals surface area contributed by atoms with Crippen LogP contribution in [0.2, 0.25) is 25.2 Å². The van der Waals surface area contributed by atoms with Gasteiger partial charge in [0.2, 0.25) is 0 Å². The van der Waals surface area contributed by atoms with E-state index in [-0.39, 0.29) is 0 Å². The Bertz CT molecular complexity index is 356. The molecule has 0 aliphatic rings. The van der Waals surface area contributed by atoms with Crippen molar-refractivity contribution in [3.8, 4) is 6.07 Å². The third kappa shape index (κ3) is 6.55. The Hall–Kier alpha value is -0.723. The molecule has 0 N–H and O–H groups in total. The number of rotatable bonds is 7. The minimum absolute atomic E-state index is 0.724. The normalized spacial score (nSPS) is 11.1. The van der Waals surface area contributed by atoms with Crippen LogP contribution in [0.1, 0.15) is 12.8 Å². The van der Waals surface area contributed by atoms with Gasteiger partial charge in [-0.1, -0.05) is 37.3 Å². The van der Waals surface area contributed by atoms with Gasteiger partial charge in [-0.15, -0.1) is 11.8 Å². The van der Waals surface area contributed by atoms with Crippen molar-refractivity contribution in [1.29, 1.82) is 5.26 Å². The van der Waals surface area contributed by atoms with Crippen LogP contribution in [0.15, 0.2) is 35.2 Å². The van der Waals surface area contributed by atoms with Crippen molar-refractivity contribution in [2.45, 2.75) is 42.9 Å². The molecule has 0 aliphatic carbocycles. The summed E-state index contributed by atoms with van der Waals surface area (Å²) >= 11 is 1.96. The van der Waals surface area contributed by atoms with Gasteiger partial charge in [-0.05, 0) is 30.4 Å². The zero-order valence-electron chi connectivity index (χ0n) is 10.8. The monoisotopic (exact) mass is 263 g/mol. The van der Waals surface area contributed by atoms with Crippen molar-refractivity contribution in [1.82, 2.24) is 0 Å². The molecule has 3 heteroatoms. The number of thioether (sulfide) groups is 1. The molecule has 17 heavy (non-hydrogen) atoms. The maximum absolute atomic E-state index is 8.55. The molecule has 0 fully saturated rings. The Labute approximate surface area is 110 Å². The van der Waals surface area contributed by atoms with Gasteiger partial charge in [0.1, 0.15) is 0 Å². The van der Waals surface area contributed by atoms with Crippen LogP contribution in [0.3, 0.4) is 0 Å². The predicted octanol–water partition coefficient (Wildman–Crippen LogP) is 4.79. The number of hydrogen-bond donors (Lipinski definition) is 0. The summed E-state index contributed by atoms with van der Waals surface area (Å²) in [7, 11) is -1.07. The van der Waals surface area contributed by atoms with Crippen LogP contribution in [0, 0.1) is 11.3 Å². The van der Waals surface area contributed by atoms with E-state index in [1.165, 1.54) is 22.7 Å². The van der Waals surface area contributed by atoms with E-state index >= 15 is 0 Å². The van der Waals surface area contributed by atoms with Crippen molar-refractivity contribution in [2.24, 2.45) is 0 Å². The molecule has 92 valence electrons. The molecule has 0 atom stereocenters. The molecule has 0 amide bonds. The highest BCUT2D eigenvalue weighted by molar-refractivity contribution is 7.99. The van der Waals surface area contributed by atoms with E-state index in [4.69, 9.17) is 5.26 Å². The first kappa shape index (κ1) is 14.3. The van der Waals surface area contributed by atoms with Gasteiger partial charge in [0, 0.05) is 19.4 Å². The quantitative estimate of drug-likeness (QED) is 0.401. The number of nitriles is 1. The highest BCUT2D eigenvalue weighted by Gasteiger charge is 2.19. The summed E-state index contributed by atoms with van der Waals surface area (Å²) in [6.45, 7) is 4.88. The Morgan fingerprint density at radius 2 is 1.88 bits per heavy atom. The minimum Gasteiger partial charge on any atom is -0.198 e.